The van der Waals surface area contributed by atoms with Gasteiger partial charge in [-0.05, 0) is 50.3 Å². The first-order valence-electron chi connectivity index (χ1n) is 8.40. The zero-order chi connectivity index (χ0) is 18.4. The highest BCUT2D eigenvalue weighted by molar-refractivity contribution is 6.09. The summed E-state index contributed by atoms with van der Waals surface area (Å²) in [6.07, 6.45) is 2.20. The van der Waals surface area contributed by atoms with Gasteiger partial charge in [0.2, 0.25) is 5.91 Å². The third-order valence-corrected chi connectivity index (χ3v) is 5.30. The number of likely N-dealkylation sites (N-methyl/N-ethyl adjacent to an activating group) is 1. The topological polar surface area (TPSA) is 69.7 Å². The Kier molecular flexibility index (Phi) is 4.26. The van der Waals surface area contributed by atoms with Crippen LogP contribution in [0, 0.1) is 11.7 Å². The molecule has 134 valence electrons. The SMILES string of the molecule is CC(C1CC1)N(C)C(=O)CN1C(=O)NC(C)(c2ccc(F)cc2)C1=O. The molecule has 1 aliphatic heterocycles. The van der Waals surface area contributed by atoms with Crippen molar-refractivity contribution >= 4 is 17.8 Å². The van der Waals surface area contributed by atoms with Crippen LogP contribution in [0.4, 0.5) is 9.18 Å². The van der Waals surface area contributed by atoms with Crippen LogP contribution in [0.25, 0.3) is 0 Å². The van der Waals surface area contributed by atoms with Gasteiger partial charge in [0.1, 0.15) is 17.9 Å². The van der Waals surface area contributed by atoms with Crippen molar-refractivity contribution in [2.75, 3.05) is 13.6 Å². The van der Waals surface area contributed by atoms with E-state index in [0.29, 0.717) is 11.5 Å². The van der Waals surface area contributed by atoms with E-state index in [1.165, 1.54) is 24.3 Å². The number of halogens is 1. The lowest BCUT2D eigenvalue weighted by Crippen LogP contribution is -2.46. The average Bonchev–Trinajstić information content (AvgIpc) is 3.39. The second-order valence-corrected chi connectivity index (χ2v) is 7.04. The van der Waals surface area contributed by atoms with Gasteiger partial charge in [0.15, 0.2) is 0 Å². The lowest BCUT2D eigenvalue weighted by molar-refractivity contribution is -0.139. The van der Waals surface area contributed by atoms with E-state index >= 15 is 0 Å². The monoisotopic (exact) mass is 347 g/mol. The predicted molar refractivity (Wildman–Crippen MR) is 89.0 cm³/mol. The molecule has 2 atom stereocenters. The van der Waals surface area contributed by atoms with Gasteiger partial charge in [-0.1, -0.05) is 12.1 Å². The van der Waals surface area contributed by atoms with E-state index in [9.17, 15) is 18.8 Å². The number of carbonyl (C=O) groups excluding carboxylic acids is 3. The van der Waals surface area contributed by atoms with Gasteiger partial charge in [0.25, 0.3) is 5.91 Å². The summed E-state index contributed by atoms with van der Waals surface area (Å²) in [5, 5.41) is 2.62. The van der Waals surface area contributed by atoms with Crippen molar-refractivity contribution in [3.63, 3.8) is 0 Å². The normalized spacial score (nSPS) is 24.2. The molecule has 7 heteroatoms. The van der Waals surface area contributed by atoms with E-state index < -0.39 is 23.3 Å². The largest absolute Gasteiger partial charge is 0.341 e. The van der Waals surface area contributed by atoms with Crippen LogP contribution in [-0.2, 0) is 15.1 Å². The van der Waals surface area contributed by atoms with Crippen LogP contribution in [0.3, 0.4) is 0 Å². The number of carbonyl (C=O) groups is 3. The van der Waals surface area contributed by atoms with Crippen LogP contribution in [-0.4, -0.2) is 47.3 Å². The van der Waals surface area contributed by atoms with Crippen molar-refractivity contribution in [2.24, 2.45) is 5.92 Å². The van der Waals surface area contributed by atoms with Crippen LogP contribution < -0.4 is 5.32 Å². The Labute approximate surface area is 146 Å². The predicted octanol–water partition coefficient (Wildman–Crippen LogP) is 1.85. The Hall–Kier alpha value is -2.44. The molecule has 25 heavy (non-hydrogen) atoms. The highest BCUT2D eigenvalue weighted by atomic mass is 19.1. The van der Waals surface area contributed by atoms with E-state index in [2.05, 4.69) is 5.32 Å². The van der Waals surface area contributed by atoms with Gasteiger partial charge in [0, 0.05) is 13.1 Å². The summed E-state index contributed by atoms with van der Waals surface area (Å²) in [5.41, 5.74) is -0.826. The second kappa shape index (κ2) is 6.13. The first-order chi connectivity index (χ1) is 11.7. The minimum absolute atomic E-state index is 0.0942. The fourth-order valence-corrected chi connectivity index (χ4v) is 3.19. The Balaban J connectivity index is 1.74. The number of hydrogen-bond donors (Lipinski definition) is 1. The minimum atomic E-state index is -1.30. The number of nitrogens with one attached hydrogen (secondary N) is 1. The molecular weight excluding hydrogens is 325 g/mol. The Morgan fingerprint density at radius 1 is 1.36 bits per heavy atom. The maximum atomic E-state index is 13.1. The van der Waals surface area contributed by atoms with Crippen molar-refractivity contribution in [3.05, 3.63) is 35.6 Å². The summed E-state index contributed by atoms with van der Waals surface area (Å²) in [4.78, 5) is 40.0. The van der Waals surface area contributed by atoms with Gasteiger partial charge in [0.05, 0.1) is 0 Å². The maximum absolute atomic E-state index is 13.1. The molecular formula is C18H22FN3O3. The first-order valence-corrected chi connectivity index (χ1v) is 8.40. The van der Waals surface area contributed by atoms with Gasteiger partial charge in [-0.2, -0.15) is 0 Å². The number of amides is 4. The molecule has 0 aromatic heterocycles. The molecule has 6 nitrogen and oxygen atoms in total. The highest BCUT2D eigenvalue weighted by Crippen LogP contribution is 2.35. The van der Waals surface area contributed by atoms with E-state index in [1.54, 1.807) is 18.9 Å². The third kappa shape index (κ3) is 3.10. The summed E-state index contributed by atoms with van der Waals surface area (Å²) in [6, 6.07) is 4.87. The molecule has 1 aliphatic carbocycles. The third-order valence-electron chi connectivity index (χ3n) is 5.30. The molecule has 3 rings (SSSR count). The number of imide groups is 1. The van der Waals surface area contributed by atoms with Crippen LogP contribution in [0.15, 0.2) is 24.3 Å². The summed E-state index contributed by atoms with van der Waals surface area (Å²) in [7, 11) is 1.70. The number of hydrogen-bond acceptors (Lipinski definition) is 3. The summed E-state index contributed by atoms with van der Waals surface area (Å²) in [6.45, 7) is 3.24. The Morgan fingerprint density at radius 2 is 1.96 bits per heavy atom. The lowest BCUT2D eigenvalue weighted by Gasteiger charge is -2.27. The molecule has 2 aliphatic rings. The Morgan fingerprint density at radius 3 is 2.52 bits per heavy atom. The minimum Gasteiger partial charge on any atom is -0.341 e. The Bertz CT molecular complexity index is 717. The van der Waals surface area contributed by atoms with Crippen LogP contribution in [0.1, 0.15) is 32.3 Å². The molecule has 1 aromatic rings. The maximum Gasteiger partial charge on any atom is 0.325 e. The van der Waals surface area contributed by atoms with Crippen molar-refractivity contribution in [1.82, 2.24) is 15.1 Å². The molecule has 0 radical (unpaired) electrons. The van der Waals surface area contributed by atoms with Crippen molar-refractivity contribution in [3.8, 4) is 0 Å². The number of urea groups is 1. The molecule has 0 bridgehead atoms. The zero-order valence-corrected chi connectivity index (χ0v) is 14.6. The quantitative estimate of drug-likeness (QED) is 0.827. The van der Waals surface area contributed by atoms with Crippen LogP contribution >= 0.6 is 0 Å². The van der Waals surface area contributed by atoms with E-state index in [4.69, 9.17) is 0 Å². The van der Waals surface area contributed by atoms with Gasteiger partial charge >= 0.3 is 6.03 Å². The molecule has 0 spiro atoms. The summed E-state index contributed by atoms with van der Waals surface area (Å²) >= 11 is 0. The molecule has 1 heterocycles. The van der Waals surface area contributed by atoms with Gasteiger partial charge in [-0.15, -0.1) is 0 Å². The standard InChI is InChI=1S/C18H22FN3O3/c1-11(12-4-5-12)21(3)15(23)10-22-16(24)18(2,20-17(22)25)13-6-8-14(19)9-7-13/h6-9,11-12H,4-5,10H2,1-3H3,(H,20,25). The van der Waals surface area contributed by atoms with E-state index in [-0.39, 0.29) is 18.5 Å². The molecule has 1 aromatic carbocycles. The van der Waals surface area contributed by atoms with Crippen LogP contribution in [0.5, 0.6) is 0 Å². The molecule has 1 N–H and O–H groups in total. The highest BCUT2D eigenvalue weighted by Gasteiger charge is 2.49. The van der Waals surface area contributed by atoms with Gasteiger partial charge in [-0.25, -0.2) is 9.18 Å². The molecule has 2 unspecified atom stereocenters. The van der Waals surface area contributed by atoms with Crippen LogP contribution in [0.2, 0.25) is 0 Å². The fourth-order valence-electron chi connectivity index (χ4n) is 3.19. The fraction of sp³-hybridized carbons (Fsp3) is 0.500. The number of rotatable bonds is 5. The summed E-state index contributed by atoms with van der Waals surface area (Å²) < 4.78 is 13.1. The number of nitrogens with zero attached hydrogens (tertiary/aromatic N) is 2. The van der Waals surface area contributed by atoms with Crippen molar-refractivity contribution in [2.45, 2.75) is 38.3 Å². The average molecular weight is 347 g/mol. The van der Waals surface area contributed by atoms with E-state index in [1.807, 2.05) is 6.92 Å². The van der Waals surface area contributed by atoms with Crippen molar-refractivity contribution < 1.29 is 18.8 Å². The smallest absolute Gasteiger partial charge is 0.325 e. The van der Waals surface area contributed by atoms with E-state index in [0.717, 1.165) is 17.7 Å². The molecule has 1 saturated heterocycles. The number of benzene rings is 1. The second-order valence-electron chi connectivity index (χ2n) is 7.04. The lowest BCUT2D eigenvalue weighted by atomic mass is 9.92. The van der Waals surface area contributed by atoms with Gasteiger partial charge in [-0.3, -0.25) is 14.5 Å². The van der Waals surface area contributed by atoms with Crippen molar-refractivity contribution in [1.29, 1.82) is 0 Å². The zero-order valence-electron chi connectivity index (χ0n) is 14.6. The summed E-state index contributed by atoms with van der Waals surface area (Å²) in [5.74, 6) is -0.704. The molecule has 4 amide bonds. The molecule has 1 saturated carbocycles. The molecule has 2 fully saturated rings. The first kappa shape index (κ1) is 17.4. The van der Waals surface area contributed by atoms with Gasteiger partial charge < -0.3 is 10.2 Å².